The number of aliphatic hydroxyl groups is 1. The Hall–Kier alpha value is -1.11. The van der Waals surface area contributed by atoms with Crippen LogP contribution in [-0.4, -0.2) is 48.3 Å². The first kappa shape index (κ1) is 18.2. The molecule has 0 aromatic carbocycles. The van der Waals surface area contributed by atoms with Gasteiger partial charge in [-0.3, -0.25) is 4.90 Å². The molecule has 130 valence electrons. The summed E-state index contributed by atoms with van der Waals surface area (Å²) in [6.07, 6.45) is 3.31. The third-order valence-corrected chi connectivity index (χ3v) is 5.31. The monoisotopic (exact) mass is 339 g/mol. The zero-order valence-electron chi connectivity index (χ0n) is 14.0. The third-order valence-electron chi connectivity index (χ3n) is 4.45. The van der Waals surface area contributed by atoms with Gasteiger partial charge in [-0.1, -0.05) is 13.0 Å². The molecule has 2 amide bonds. The smallest absolute Gasteiger partial charge is 0.314 e. The van der Waals surface area contributed by atoms with Crippen molar-refractivity contribution in [2.45, 2.75) is 45.3 Å². The summed E-state index contributed by atoms with van der Waals surface area (Å²) < 4.78 is 0. The van der Waals surface area contributed by atoms with Crippen LogP contribution in [0.2, 0.25) is 0 Å². The van der Waals surface area contributed by atoms with E-state index in [1.54, 1.807) is 0 Å². The summed E-state index contributed by atoms with van der Waals surface area (Å²) in [5.74, 6) is 0.571. The average molecular weight is 340 g/mol. The van der Waals surface area contributed by atoms with Crippen molar-refractivity contribution < 1.29 is 9.90 Å². The highest BCUT2D eigenvalue weighted by Crippen LogP contribution is 2.20. The molecule has 5 nitrogen and oxygen atoms in total. The highest BCUT2D eigenvalue weighted by molar-refractivity contribution is 7.09. The number of nitrogens with one attached hydrogen (secondary N) is 2. The molecule has 1 fully saturated rings. The second-order valence-corrected chi connectivity index (χ2v) is 7.32. The van der Waals surface area contributed by atoms with E-state index in [1.807, 2.05) is 18.3 Å². The van der Waals surface area contributed by atoms with Crippen LogP contribution in [0.4, 0.5) is 4.79 Å². The van der Waals surface area contributed by atoms with E-state index in [-0.39, 0.29) is 12.1 Å². The van der Waals surface area contributed by atoms with Crippen LogP contribution in [0.5, 0.6) is 0 Å². The van der Waals surface area contributed by atoms with Crippen molar-refractivity contribution in [2.24, 2.45) is 5.92 Å². The van der Waals surface area contributed by atoms with E-state index < -0.39 is 0 Å². The quantitative estimate of drug-likeness (QED) is 0.681. The first-order valence-corrected chi connectivity index (χ1v) is 9.49. The lowest BCUT2D eigenvalue weighted by atomic mass is 9.97. The topological polar surface area (TPSA) is 64.6 Å². The Morgan fingerprint density at radius 3 is 2.87 bits per heavy atom. The van der Waals surface area contributed by atoms with Gasteiger partial charge in [0.1, 0.15) is 0 Å². The minimum absolute atomic E-state index is 0.116. The summed E-state index contributed by atoms with van der Waals surface area (Å²) in [5, 5.41) is 17.3. The number of nitrogens with zero attached hydrogens (tertiary/aromatic N) is 1. The molecule has 2 rings (SSSR count). The second-order valence-electron chi connectivity index (χ2n) is 6.29. The van der Waals surface area contributed by atoms with Gasteiger partial charge >= 0.3 is 6.03 Å². The number of likely N-dealkylation sites (tertiary alicyclic amines) is 1. The summed E-state index contributed by atoms with van der Waals surface area (Å²) in [4.78, 5) is 15.6. The van der Waals surface area contributed by atoms with Gasteiger partial charge < -0.3 is 15.7 Å². The summed E-state index contributed by atoms with van der Waals surface area (Å²) >= 11 is 1.82. The standard InChI is InChI=1S/C17H29N3O2S/c1-2-15(21)5-8-18-17(22)19-12-14-6-9-20(10-7-14)13-16-4-3-11-23-16/h3-4,11,14-15,21H,2,5-10,12-13H2,1H3,(H2,18,19,22). The predicted octanol–water partition coefficient (Wildman–Crippen LogP) is 2.42. The number of carbonyl (C=O) groups excluding carboxylic acids is 1. The van der Waals surface area contributed by atoms with Crippen LogP contribution < -0.4 is 10.6 Å². The summed E-state index contributed by atoms with van der Waals surface area (Å²) in [6.45, 7) is 6.48. The Labute approximate surface area is 143 Å². The number of thiophene rings is 1. The predicted molar refractivity (Wildman–Crippen MR) is 94.6 cm³/mol. The van der Waals surface area contributed by atoms with E-state index in [2.05, 4.69) is 33.0 Å². The lowest BCUT2D eigenvalue weighted by Crippen LogP contribution is -2.42. The molecule has 3 N–H and O–H groups in total. The van der Waals surface area contributed by atoms with E-state index in [9.17, 15) is 9.90 Å². The number of rotatable bonds is 8. The molecule has 0 saturated carbocycles. The second kappa shape index (κ2) is 9.90. The van der Waals surface area contributed by atoms with Crippen LogP contribution in [0.15, 0.2) is 17.5 Å². The summed E-state index contributed by atoms with van der Waals surface area (Å²) in [5.41, 5.74) is 0. The van der Waals surface area contributed by atoms with Gasteiger partial charge in [-0.05, 0) is 56.1 Å². The average Bonchev–Trinajstić information content (AvgIpc) is 3.07. The van der Waals surface area contributed by atoms with Crippen molar-refractivity contribution in [1.29, 1.82) is 0 Å². The minimum atomic E-state index is -0.317. The molecule has 6 heteroatoms. The van der Waals surface area contributed by atoms with Crippen LogP contribution in [0.25, 0.3) is 0 Å². The Balaban J connectivity index is 1.54. The Morgan fingerprint density at radius 1 is 1.43 bits per heavy atom. The van der Waals surface area contributed by atoms with Gasteiger partial charge in [0.2, 0.25) is 0 Å². The number of hydrogen-bond donors (Lipinski definition) is 3. The zero-order valence-corrected chi connectivity index (χ0v) is 14.8. The first-order chi connectivity index (χ1) is 11.2. The van der Waals surface area contributed by atoms with Gasteiger partial charge in [0.15, 0.2) is 0 Å². The Bertz CT molecular complexity index is 445. The largest absolute Gasteiger partial charge is 0.393 e. The molecule has 0 radical (unpaired) electrons. The van der Waals surface area contributed by atoms with E-state index in [0.29, 0.717) is 18.9 Å². The molecule has 0 spiro atoms. The SMILES string of the molecule is CCC(O)CCNC(=O)NCC1CCN(Cc2cccs2)CC1. The van der Waals surface area contributed by atoms with Crippen molar-refractivity contribution >= 4 is 17.4 Å². The lowest BCUT2D eigenvalue weighted by molar-refractivity contribution is 0.159. The number of amides is 2. The molecule has 0 aliphatic carbocycles. The van der Waals surface area contributed by atoms with Gasteiger partial charge in [0.25, 0.3) is 0 Å². The van der Waals surface area contributed by atoms with Gasteiger partial charge in [0, 0.05) is 24.5 Å². The van der Waals surface area contributed by atoms with Crippen molar-refractivity contribution in [3.63, 3.8) is 0 Å². The molecule has 2 heterocycles. The molecule has 1 unspecified atom stereocenters. The van der Waals surface area contributed by atoms with E-state index >= 15 is 0 Å². The van der Waals surface area contributed by atoms with Gasteiger partial charge in [-0.2, -0.15) is 0 Å². The molecular weight excluding hydrogens is 310 g/mol. The highest BCUT2D eigenvalue weighted by atomic mass is 32.1. The van der Waals surface area contributed by atoms with E-state index in [1.165, 1.54) is 4.88 Å². The van der Waals surface area contributed by atoms with Crippen LogP contribution in [0.1, 0.15) is 37.5 Å². The van der Waals surface area contributed by atoms with Crippen molar-refractivity contribution in [3.05, 3.63) is 22.4 Å². The maximum absolute atomic E-state index is 11.7. The molecule has 0 bridgehead atoms. The minimum Gasteiger partial charge on any atom is -0.393 e. The molecule has 1 aromatic heterocycles. The molecule has 1 aliphatic rings. The first-order valence-electron chi connectivity index (χ1n) is 8.62. The number of piperidine rings is 1. The molecule has 23 heavy (non-hydrogen) atoms. The molecule has 1 aromatic rings. The normalized spacial score (nSPS) is 17.8. The highest BCUT2D eigenvalue weighted by Gasteiger charge is 2.19. The number of urea groups is 1. The van der Waals surface area contributed by atoms with Gasteiger partial charge in [0.05, 0.1) is 6.10 Å². The zero-order chi connectivity index (χ0) is 16.5. The molecule has 1 aliphatic heterocycles. The van der Waals surface area contributed by atoms with E-state index in [0.717, 1.165) is 45.4 Å². The maximum Gasteiger partial charge on any atom is 0.314 e. The van der Waals surface area contributed by atoms with Crippen molar-refractivity contribution in [3.8, 4) is 0 Å². The fraction of sp³-hybridized carbons (Fsp3) is 0.706. The lowest BCUT2D eigenvalue weighted by Gasteiger charge is -2.31. The molecule has 1 saturated heterocycles. The fourth-order valence-corrected chi connectivity index (χ4v) is 3.57. The number of hydrogen-bond acceptors (Lipinski definition) is 4. The molecule has 1 atom stereocenters. The fourth-order valence-electron chi connectivity index (χ4n) is 2.83. The third kappa shape index (κ3) is 6.89. The summed E-state index contributed by atoms with van der Waals surface area (Å²) in [7, 11) is 0. The Kier molecular flexibility index (Phi) is 7.85. The van der Waals surface area contributed by atoms with Gasteiger partial charge in [-0.15, -0.1) is 11.3 Å². The van der Waals surface area contributed by atoms with E-state index in [4.69, 9.17) is 0 Å². The molecular formula is C17H29N3O2S. The van der Waals surface area contributed by atoms with Crippen molar-refractivity contribution in [1.82, 2.24) is 15.5 Å². The maximum atomic E-state index is 11.7. The van der Waals surface area contributed by atoms with Crippen LogP contribution in [0, 0.1) is 5.92 Å². The van der Waals surface area contributed by atoms with Crippen LogP contribution in [-0.2, 0) is 6.54 Å². The Morgan fingerprint density at radius 2 is 2.22 bits per heavy atom. The van der Waals surface area contributed by atoms with Crippen molar-refractivity contribution in [2.75, 3.05) is 26.2 Å². The van der Waals surface area contributed by atoms with Crippen LogP contribution >= 0.6 is 11.3 Å². The number of carbonyl (C=O) groups is 1. The van der Waals surface area contributed by atoms with Crippen LogP contribution in [0.3, 0.4) is 0 Å². The number of aliphatic hydroxyl groups excluding tert-OH is 1. The summed E-state index contributed by atoms with van der Waals surface area (Å²) in [6, 6.07) is 4.18. The van der Waals surface area contributed by atoms with Gasteiger partial charge in [-0.25, -0.2) is 4.79 Å².